The van der Waals surface area contributed by atoms with E-state index in [9.17, 15) is 0 Å². The van der Waals surface area contributed by atoms with Crippen molar-refractivity contribution < 1.29 is 0 Å². The Morgan fingerprint density at radius 3 is 2.41 bits per heavy atom. The summed E-state index contributed by atoms with van der Waals surface area (Å²) < 4.78 is 0. The Kier molecular flexibility index (Phi) is 5.18. The molecule has 0 unspecified atom stereocenters. The van der Waals surface area contributed by atoms with Crippen LogP contribution in [0.3, 0.4) is 0 Å². The molecule has 0 spiro atoms. The Morgan fingerprint density at radius 2 is 1.88 bits per heavy atom. The zero-order valence-corrected chi connectivity index (χ0v) is 11.1. The van der Waals surface area contributed by atoms with Crippen LogP contribution in [0, 0.1) is 16.7 Å². The van der Waals surface area contributed by atoms with E-state index in [1.807, 2.05) is 19.9 Å². The average molecular weight is 230 g/mol. The maximum absolute atomic E-state index is 9.00. The van der Waals surface area contributed by atoms with E-state index in [4.69, 9.17) is 5.26 Å². The van der Waals surface area contributed by atoms with Gasteiger partial charge in [-0.05, 0) is 38.9 Å². The lowest BCUT2D eigenvalue weighted by atomic mass is 9.91. The third-order valence-corrected chi connectivity index (χ3v) is 3.05. The fourth-order valence-electron chi connectivity index (χ4n) is 1.68. The highest BCUT2D eigenvalue weighted by atomic mass is 15.1. The van der Waals surface area contributed by atoms with Crippen molar-refractivity contribution >= 4 is 0 Å². The topological polar surface area (TPSA) is 27.0 Å². The molecule has 0 heterocycles. The summed E-state index contributed by atoms with van der Waals surface area (Å²) >= 11 is 0. The van der Waals surface area contributed by atoms with Gasteiger partial charge < -0.3 is 0 Å². The van der Waals surface area contributed by atoms with Crippen LogP contribution < -0.4 is 0 Å². The lowest BCUT2D eigenvalue weighted by Crippen LogP contribution is -2.27. The van der Waals surface area contributed by atoms with E-state index in [2.05, 4.69) is 42.2 Å². The molecule has 17 heavy (non-hydrogen) atoms. The predicted molar refractivity (Wildman–Crippen MR) is 71.4 cm³/mol. The van der Waals surface area contributed by atoms with Gasteiger partial charge in [0.25, 0.3) is 0 Å². The monoisotopic (exact) mass is 230 g/mol. The lowest BCUT2D eigenvalue weighted by Gasteiger charge is -2.24. The standard InChI is InChI=1S/C15H22N2/c1-4-17(11-10-15(2,3)13-16)12-14-8-6-5-7-9-14/h5-9H,4,10-12H2,1-3H3. The average Bonchev–Trinajstić information content (AvgIpc) is 2.35. The van der Waals surface area contributed by atoms with Gasteiger partial charge in [0.2, 0.25) is 0 Å². The zero-order chi connectivity index (χ0) is 12.7. The Balaban J connectivity index is 2.48. The molecule has 0 aliphatic heterocycles. The number of hydrogen-bond acceptors (Lipinski definition) is 2. The van der Waals surface area contributed by atoms with E-state index in [1.165, 1.54) is 5.56 Å². The minimum Gasteiger partial charge on any atom is -0.299 e. The molecule has 0 N–H and O–H groups in total. The number of benzene rings is 1. The van der Waals surface area contributed by atoms with Crippen molar-refractivity contribution in [2.75, 3.05) is 13.1 Å². The highest BCUT2D eigenvalue weighted by molar-refractivity contribution is 5.14. The third kappa shape index (κ3) is 5.01. The van der Waals surface area contributed by atoms with E-state index in [-0.39, 0.29) is 5.41 Å². The smallest absolute Gasteiger partial charge is 0.0684 e. The van der Waals surface area contributed by atoms with Crippen LogP contribution in [-0.4, -0.2) is 18.0 Å². The van der Waals surface area contributed by atoms with Crippen LogP contribution >= 0.6 is 0 Å². The quantitative estimate of drug-likeness (QED) is 0.748. The van der Waals surface area contributed by atoms with Gasteiger partial charge in [-0.25, -0.2) is 0 Å². The molecule has 2 heteroatoms. The molecule has 1 aromatic carbocycles. The van der Waals surface area contributed by atoms with Gasteiger partial charge in [-0.15, -0.1) is 0 Å². The maximum atomic E-state index is 9.00. The van der Waals surface area contributed by atoms with Crippen LogP contribution in [0.1, 0.15) is 32.8 Å². The summed E-state index contributed by atoms with van der Waals surface area (Å²) in [6.45, 7) is 9.15. The van der Waals surface area contributed by atoms with Crippen molar-refractivity contribution in [3.63, 3.8) is 0 Å². The summed E-state index contributed by atoms with van der Waals surface area (Å²) in [6.07, 6.45) is 0.921. The minimum atomic E-state index is -0.218. The molecule has 0 saturated carbocycles. The molecule has 2 nitrogen and oxygen atoms in total. The fraction of sp³-hybridized carbons (Fsp3) is 0.533. The minimum absolute atomic E-state index is 0.218. The van der Waals surface area contributed by atoms with Crippen LogP contribution in [0.5, 0.6) is 0 Å². The van der Waals surface area contributed by atoms with E-state index >= 15 is 0 Å². The summed E-state index contributed by atoms with van der Waals surface area (Å²) in [7, 11) is 0. The van der Waals surface area contributed by atoms with Crippen LogP contribution in [0.15, 0.2) is 30.3 Å². The molecule has 0 aliphatic carbocycles. The molecule has 0 saturated heterocycles. The molecule has 0 amide bonds. The highest BCUT2D eigenvalue weighted by Gasteiger charge is 2.17. The molecular weight excluding hydrogens is 208 g/mol. The Bertz CT molecular complexity index is 362. The SMILES string of the molecule is CCN(CCC(C)(C)C#N)Cc1ccccc1. The summed E-state index contributed by atoms with van der Waals surface area (Å²) in [5.74, 6) is 0. The zero-order valence-electron chi connectivity index (χ0n) is 11.1. The summed E-state index contributed by atoms with van der Waals surface area (Å²) in [6, 6.07) is 12.8. The van der Waals surface area contributed by atoms with Gasteiger partial charge in [0.05, 0.1) is 11.5 Å². The Morgan fingerprint density at radius 1 is 1.24 bits per heavy atom. The first-order valence-corrected chi connectivity index (χ1v) is 6.25. The number of rotatable bonds is 6. The van der Waals surface area contributed by atoms with Gasteiger partial charge in [-0.2, -0.15) is 5.26 Å². The van der Waals surface area contributed by atoms with Crippen molar-refractivity contribution in [2.24, 2.45) is 5.41 Å². The molecule has 1 rings (SSSR count). The van der Waals surface area contributed by atoms with E-state index in [1.54, 1.807) is 0 Å². The molecule has 1 aromatic rings. The van der Waals surface area contributed by atoms with Crippen LogP contribution in [0.4, 0.5) is 0 Å². The second-order valence-electron chi connectivity index (χ2n) is 5.10. The van der Waals surface area contributed by atoms with E-state index < -0.39 is 0 Å². The van der Waals surface area contributed by atoms with Gasteiger partial charge in [-0.1, -0.05) is 37.3 Å². The van der Waals surface area contributed by atoms with Gasteiger partial charge in [0, 0.05) is 6.54 Å². The van der Waals surface area contributed by atoms with Crippen molar-refractivity contribution in [1.29, 1.82) is 5.26 Å². The molecule has 0 aromatic heterocycles. The second-order valence-corrected chi connectivity index (χ2v) is 5.10. The Hall–Kier alpha value is -1.33. The van der Waals surface area contributed by atoms with E-state index in [0.717, 1.165) is 26.1 Å². The van der Waals surface area contributed by atoms with Gasteiger partial charge in [0.15, 0.2) is 0 Å². The summed E-state index contributed by atoms with van der Waals surface area (Å²) in [5, 5.41) is 9.00. The van der Waals surface area contributed by atoms with Crippen molar-refractivity contribution in [1.82, 2.24) is 4.90 Å². The van der Waals surface area contributed by atoms with Crippen LogP contribution in [0.2, 0.25) is 0 Å². The molecule has 92 valence electrons. The van der Waals surface area contributed by atoms with E-state index in [0.29, 0.717) is 0 Å². The number of nitrogens with zero attached hydrogens (tertiary/aromatic N) is 2. The molecule has 0 radical (unpaired) electrons. The first-order valence-electron chi connectivity index (χ1n) is 6.25. The van der Waals surface area contributed by atoms with Crippen molar-refractivity contribution in [3.05, 3.63) is 35.9 Å². The van der Waals surface area contributed by atoms with Crippen LogP contribution in [0.25, 0.3) is 0 Å². The molecular formula is C15H22N2. The third-order valence-electron chi connectivity index (χ3n) is 3.05. The Labute approximate surface area is 105 Å². The van der Waals surface area contributed by atoms with Gasteiger partial charge in [0.1, 0.15) is 0 Å². The largest absolute Gasteiger partial charge is 0.299 e. The summed E-state index contributed by atoms with van der Waals surface area (Å²) in [5.41, 5.74) is 1.12. The molecule has 0 aliphatic rings. The molecule has 0 fully saturated rings. The van der Waals surface area contributed by atoms with Gasteiger partial charge >= 0.3 is 0 Å². The van der Waals surface area contributed by atoms with Crippen LogP contribution in [-0.2, 0) is 6.54 Å². The summed E-state index contributed by atoms with van der Waals surface area (Å²) in [4.78, 5) is 2.38. The second kappa shape index (κ2) is 6.42. The predicted octanol–water partition coefficient (Wildman–Crippen LogP) is 3.45. The van der Waals surface area contributed by atoms with Crippen molar-refractivity contribution in [3.8, 4) is 6.07 Å². The fourth-order valence-corrected chi connectivity index (χ4v) is 1.68. The van der Waals surface area contributed by atoms with Crippen molar-refractivity contribution in [2.45, 2.75) is 33.7 Å². The maximum Gasteiger partial charge on any atom is 0.0684 e. The highest BCUT2D eigenvalue weighted by Crippen LogP contribution is 2.19. The number of nitriles is 1. The molecule has 0 atom stereocenters. The van der Waals surface area contributed by atoms with Gasteiger partial charge in [-0.3, -0.25) is 4.90 Å². The molecule has 0 bridgehead atoms. The normalized spacial score (nSPS) is 11.5. The first kappa shape index (κ1) is 13.7. The first-order chi connectivity index (χ1) is 8.07. The number of hydrogen-bond donors (Lipinski definition) is 0. The lowest BCUT2D eigenvalue weighted by molar-refractivity contribution is 0.245.